The Morgan fingerprint density at radius 2 is 1.56 bits per heavy atom. The van der Waals surface area contributed by atoms with E-state index in [1.165, 1.54) is 5.57 Å². The minimum atomic E-state index is -0.0973. The summed E-state index contributed by atoms with van der Waals surface area (Å²) in [4.78, 5) is 0. The predicted molar refractivity (Wildman–Crippen MR) is 64.6 cm³/mol. The van der Waals surface area contributed by atoms with Gasteiger partial charge in [-0.3, -0.25) is 0 Å². The molecule has 2 aliphatic rings. The highest BCUT2D eigenvalue weighted by molar-refractivity contribution is 5.62. The van der Waals surface area contributed by atoms with Gasteiger partial charge in [-0.2, -0.15) is 0 Å². The number of halogens is 1. The normalized spacial score (nSPS) is 26.6. The lowest BCUT2D eigenvalue weighted by molar-refractivity contribution is 0.565. The second-order valence-corrected chi connectivity index (χ2v) is 4.40. The summed E-state index contributed by atoms with van der Waals surface area (Å²) in [6.07, 6.45) is 7.99. The van der Waals surface area contributed by atoms with Crippen molar-refractivity contribution >= 4 is 11.4 Å². The first kappa shape index (κ1) is 9.59. The minimum absolute atomic E-state index is 0.00630. The number of fused-ring (bicyclic) bond motifs is 2. The monoisotopic (exact) mass is 212 g/mol. The number of rotatable bonds is 0. The lowest BCUT2D eigenvalue weighted by atomic mass is 9.78. The molecule has 0 heterocycles. The maximum atomic E-state index is 14.3. The molecule has 0 radical (unpaired) electrons. The van der Waals surface area contributed by atoms with Crippen LogP contribution in [0.1, 0.15) is 6.92 Å². The van der Waals surface area contributed by atoms with Crippen LogP contribution in [0.25, 0.3) is 11.4 Å². The van der Waals surface area contributed by atoms with Crippen molar-refractivity contribution in [1.29, 1.82) is 0 Å². The van der Waals surface area contributed by atoms with Crippen molar-refractivity contribution in [1.82, 2.24) is 0 Å². The summed E-state index contributed by atoms with van der Waals surface area (Å²) in [5.74, 6) is 0.103. The predicted octanol–water partition coefficient (Wildman–Crippen LogP) is 2.31. The van der Waals surface area contributed by atoms with Gasteiger partial charge >= 0.3 is 0 Å². The van der Waals surface area contributed by atoms with Gasteiger partial charge in [-0.15, -0.1) is 0 Å². The molecule has 0 amide bonds. The third kappa shape index (κ3) is 1.21. The summed E-state index contributed by atoms with van der Waals surface area (Å²) in [5, 5.41) is 1.82. The van der Waals surface area contributed by atoms with Gasteiger partial charge in [-0.05, 0) is 12.1 Å². The Kier molecular flexibility index (Phi) is 2.06. The molecule has 2 unspecified atom stereocenters. The van der Waals surface area contributed by atoms with Crippen molar-refractivity contribution < 1.29 is 4.39 Å². The van der Waals surface area contributed by atoms with E-state index < -0.39 is 0 Å². The van der Waals surface area contributed by atoms with E-state index in [9.17, 15) is 4.39 Å². The molecule has 0 N–H and O–H groups in total. The molecule has 0 aliphatic heterocycles. The molecular weight excluding hydrogens is 199 g/mol. The van der Waals surface area contributed by atoms with Crippen LogP contribution in [-0.4, -0.2) is 0 Å². The Labute approximate surface area is 94.1 Å². The fraction of sp³-hybridized carbons (Fsp3) is 0.200. The van der Waals surface area contributed by atoms with Crippen LogP contribution in [0.15, 0.2) is 48.6 Å². The number of allylic oxidation sites excluding steroid dienone is 4. The molecule has 0 spiro atoms. The fourth-order valence-electron chi connectivity index (χ4n) is 2.66. The molecule has 0 saturated heterocycles. The zero-order valence-electron chi connectivity index (χ0n) is 9.15. The maximum Gasteiger partial charge on any atom is 0.115 e. The molecule has 3 rings (SSSR count). The maximum absolute atomic E-state index is 14.3. The second kappa shape index (κ2) is 3.44. The van der Waals surface area contributed by atoms with Crippen LogP contribution in [-0.2, 0) is 0 Å². The Morgan fingerprint density at radius 1 is 0.938 bits per heavy atom. The van der Waals surface area contributed by atoms with Gasteiger partial charge in [0.25, 0.3) is 0 Å². The SMILES string of the molecule is CC1=c2ccccc2=C(F)C2C=CC=CC12. The van der Waals surface area contributed by atoms with Crippen molar-refractivity contribution in [3.05, 3.63) is 59.0 Å². The van der Waals surface area contributed by atoms with E-state index in [4.69, 9.17) is 0 Å². The second-order valence-electron chi connectivity index (χ2n) is 4.40. The molecule has 0 nitrogen and oxygen atoms in total. The number of hydrogen-bond donors (Lipinski definition) is 0. The van der Waals surface area contributed by atoms with E-state index in [0.717, 1.165) is 10.4 Å². The smallest absolute Gasteiger partial charge is 0.115 e. The van der Waals surface area contributed by atoms with Crippen molar-refractivity contribution in [2.75, 3.05) is 0 Å². The summed E-state index contributed by atoms with van der Waals surface area (Å²) < 4.78 is 14.3. The van der Waals surface area contributed by atoms with Crippen molar-refractivity contribution in [2.24, 2.45) is 11.8 Å². The Hall–Kier alpha value is -1.63. The van der Waals surface area contributed by atoms with Crippen LogP contribution in [0.4, 0.5) is 4.39 Å². The molecule has 2 atom stereocenters. The van der Waals surface area contributed by atoms with Gasteiger partial charge in [-0.25, -0.2) is 4.39 Å². The van der Waals surface area contributed by atoms with Gasteiger partial charge in [0.15, 0.2) is 0 Å². The standard InChI is InChI=1S/C15H13F/c1-10-11-6-2-4-8-13(11)15(16)14-9-5-3-7-12(10)14/h2-9,11,13H,1H3. The van der Waals surface area contributed by atoms with Crippen LogP contribution in [0.5, 0.6) is 0 Å². The number of hydrogen-bond acceptors (Lipinski definition) is 0. The highest BCUT2D eigenvalue weighted by atomic mass is 19.1. The molecule has 0 saturated carbocycles. The third-order valence-corrected chi connectivity index (χ3v) is 3.54. The van der Waals surface area contributed by atoms with Crippen molar-refractivity contribution in [3.8, 4) is 0 Å². The first-order valence-electron chi connectivity index (χ1n) is 5.59. The average Bonchev–Trinajstić information content (AvgIpc) is 2.36. The largest absolute Gasteiger partial charge is 0.210 e. The Morgan fingerprint density at radius 3 is 2.31 bits per heavy atom. The number of benzene rings is 1. The Bertz CT molecular complexity index is 550. The van der Waals surface area contributed by atoms with E-state index in [1.807, 2.05) is 42.5 Å². The van der Waals surface area contributed by atoms with E-state index in [-0.39, 0.29) is 17.7 Å². The quantitative estimate of drug-likeness (QED) is 0.619. The zero-order valence-corrected chi connectivity index (χ0v) is 9.15. The molecule has 1 aromatic carbocycles. The highest BCUT2D eigenvalue weighted by Crippen LogP contribution is 2.34. The van der Waals surface area contributed by atoms with E-state index >= 15 is 0 Å². The van der Waals surface area contributed by atoms with Gasteiger partial charge in [-0.1, -0.05) is 54.1 Å². The molecule has 0 fully saturated rings. The summed E-state index contributed by atoms with van der Waals surface area (Å²) in [7, 11) is 0. The van der Waals surface area contributed by atoms with Crippen molar-refractivity contribution in [3.63, 3.8) is 0 Å². The lowest BCUT2D eigenvalue weighted by Crippen LogP contribution is -2.37. The zero-order chi connectivity index (χ0) is 11.1. The topological polar surface area (TPSA) is 0 Å². The minimum Gasteiger partial charge on any atom is -0.210 e. The highest BCUT2D eigenvalue weighted by Gasteiger charge is 2.28. The van der Waals surface area contributed by atoms with E-state index in [1.54, 1.807) is 0 Å². The molecular formula is C15H13F. The lowest BCUT2D eigenvalue weighted by Gasteiger charge is -2.27. The van der Waals surface area contributed by atoms with Crippen LogP contribution in [0.3, 0.4) is 0 Å². The molecule has 0 bridgehead atoms. The van der Waals surface area contributed by atoms with Gasteiger partial charge < -0.3 is 0 Å². The average molecular weight is 212 g/mol. The van der Waals surface area contributed by atoms with E-state index in [2.05, 4.69) is 13.0 Å². The van der Waals surface area contributed by atoms with Gasteiger partial charge in [0, 0.05) is 17.1 Å². The summed E-state index contributed by atoms with van der Waals surface area (Å²) in [5.41, 5.74) is 1.27. The molecule has 2 aliphatic carbocycles. The molecule has 1 aromatic rings. The van der Waals surface area contributed by atoms with Crippen LogP contribution >= 0.6 is 0 Å². The third-order valence-electron chi connectivity index (χ3n) is 3.54. The summed E-state index contributed by atoms with van der Waals surface area (Å²) in [6.45, 7) is 2.10. The molecule has 1 heteroatoms. The summed E-state index contributed by atoms with van der Waals surface area (Å²) >= 11 is 0. The van der Waals surface area contributed by atoms with Crippen LogP contribution in [0, 0.1) is 11.8 Å². The van der Waals surface area contributed by atoms with Crippen molar-refractivity contribution in [2.45, 2.75) is 6.92 Å². The molecule has 80 valence electrons. The first-order chi connectivity index (χ1) is 7.79. The fourth-order valence-corrected chi connectivity index (χ4v) is 2.66. The van der Waals surface area contributed by atoms with Crippen LogP contribution < -0.4 is 10.4 Å². The Balaban J connectivity index is 2.41. The van der Waals surface area contributed by atoms with Gasteiger partial charge in [0.2, 0.25) is 0 Å². The first-order valence-corrected chi connectivity index (χ1v) is 5.59. The molecule has 16 heavy (non-hydrogen) atoms. The van der Waals surface area contributed by atoms with Gasteiger partial charge in [0.05, 0.1) is 0 Å². The van der Waals surface area contributed by atoms with Crippen LogP contribution in [0.2, 0.25) is 0 Å². The molecule has 0 aromatic heterocycles. The summed E-state index contributed by atoms with van der Waals surface area (Å²) in [6, 6.07) is 7.75. The van der Waals surface area contributed by atoms with E-state index in [0.29, 0.717) is 0 Å². The van der Waals surface area contributed by atoms with Gasteiger partial charge in [0.1, 0.15) is 5.83 Å².